The van der Waals surface area contributed by atoms with Crippen LogP contribution in [0.5, 0.6) is 0 Å². The number of nitrogens with zero attached hydrogens (tertiary/aromatic N) is 3. The first-order valence-electron chi connectivity index (χ1n) is 5.44. The highest BCUT2D eigenvalue weighted by atomic mass is 79.9. The fourth-order valence-electron chi connectivity index (χ4n) is 1.41. The van der Waals surface area contributed by atoms with Crippen molar-refractivity contribution in [2.75, 3.05) is 6.54 Å². The summed E-state index contributed by atoms with van der Waals surface area (Å²) in [6.07, 6.45) is 3.50. The molecule has 0 aromatic carbocycles. The average molecular weight is 293 g/mol. The molecule has 2 aromatic rings. The first-order valence-corrected chi connectivity index (χ1v) is 6.24. The van der Waals surface area contributed by atoms with Gasteiger partial charge in [-0.05, 0) is 40.7 Å². The van der Waals surface area contributed by atoms with E-state index in [1.54, 1.807) is 12.4 Å². The number of rotatable bonds is 4. The van der Waals surface area contributed by atoms with Gasteiger partial charge in [-0.1, -0.05) is 6.92 Å². The highest BCUT2D eigenvalue weighted by Crippen LogP contribution is 2.22. The van der Waals surface area contributed by atoms with Crippen LogP contribution in [0.25, 0.3) is 11.5 Å². The summed E-state index contributed by atoms with van der Waals surface area (Å²) in [5.74, 6) is 0.646. The number of nitrogens with one attached hydrogen (secondary N) is 1. The maximum Gasteiger partial charge on any atom is 0.179 e. The summed E-state index contributed by atoms with van der Waals surface area (Å²) in [7, 11) is 0. The molecule has 0 unspecified atom stereocenters. The van der Waals surface area contributed by atoms with E-state index in [1.807, 2.05) is 18.2 Å². The average Bonchev–Trinajstić information content (AvgIpc) is 2.37. The molecule has 0 spiro atoms. The minimum atomic E-state index is 0.646. The second kappa shape index (κ2) is 5.84. The zero-order chi connectivity index (χ0) is 12.1. The smallest absolute Gasteiger partial charge is 0.179 e. The quantitative estimate of drug-likeness (QED) is 0.940. The van der Waals surface area contributed by atoms with E-state index in [0.29, 0.717) is 5.82 Å². The SMILES string of the molecule is CCNCc1ccnc(-c2ncccc2Br)n1. The van der Waals surface area contributed by atoms with Gasteiger partial charge in [0.05, 0.1) is 5.69 Å². The van der Waals surface area contributed by atoms with Crippen molar-refractivity contribution in [2.24, 2.45) is 0 Å². The fourth-order valence-corrected chi connectivity index (χ4v) is 1.84. The Hall–Kier alpha value is -1.33. The number of hydrogen-bond donors (Lipinski definition) is 1. The van der Waals surface area contributed by atoms with Gasteiger partial charge in [0.2, 0.25) is 0 Å². The van der Waals surface area contributed by atoms with Gasteiger partial charge < -0.3 is 5.32 Å². The Labute approximate surface area is 109 Å². The third-order valence-electron chi connectivity index (χ3n) is 2.24. The monoisotopic (exact) mass is 292 g/mol. The fraction of sp³-hybridized carbons (Fsp3) is 0.250. The Balaban J connectivity index is 2.30. The van der Waals surface area contributed by atoms with Crippen LogP contribution < -0.4 is 5.32 Å². The zero-order valence-corrected chi connectivity index (χ0v) is 11.1. The number of hydrogen-bond acceptors (Lipinski definition) is 4. The Morgan fingerprint density at radius 3 is 2.88 bits per heavy atom. The van der Waals surface area contributed by atoms with Gasteiger partial charge in [-0.2, -0.15) is 0 Å². The Morgan fingerprint density at radius 1 is 1.24 bits per heavy atom. The molecule has 88 valence electrons. The molecule has 5 heteroatoms. The van der Waals surface area contributed by atoms with Gasteiger partial charge in [-0.25, -0.2) is 9.97 Å². The molecule has 4 nitrogen and oxygen atoms in total. The van der Waals surface area contributed by atoms with E-state index in [9.17, 15) is 0 Å². The summed E-state index contributed by atoms with van der Waals surface area (Å²) < 4.78 is 0.903. The maximum absolute atomic E-state index is 4.48. The first-order chi connectivity index (χ1) is 8.31. The molecule has 0 fully saturated rings. The predicted octanol–water partition coefficient (Wildman–Crippen LogP) is 2.41. The van der Waals surface area contributed by atoms with Crippen LogP contribution in [0.1, 0.15) is 12.6 Å². The summed E-state index contributed by atoms with van der Waals surface area (Å²) >= 11 is 3.45. The van der Waals surface area contributed by atoms with Crippen LogP contribution in [0.3, 0.4) is 0 Å². The van der Waals surface area contributed by atoms with E-state index >= 15 is 0 Å². The second-order valence-corrected chi connectivity index (χ2v) is 4.34. The third-order valence-corrected chi connectivity index (χ3v) is 2.88. The Bertz CT molecular complexity index is 501. The van der Waals surface area contributed by atoms with Gasteiger partial charge in [0.1, 0.15) is 5.69 Å². The summed E-state index contributed by atoms with van der Waals surface area (Å²) in [6.45, 7) is 3.74. The van der Waals surface area contributed by atoms with Crippen molar-refractivity contribution in [1.82, 2.24) is 20.3 Å². The minimum absolute atomic E-state index is 0.646. The van der Waals surface area contributed by atoms with Crippen LogP contribution in [0.2, 0.25) is 0 Å². The predicted molar refractivity (Wildman–Crippen MR) is 70.3 cm³/mol. The molecule has 2 heterocycles. The molecule has 2 rings (SSSR count). The van der Waals surface area contributed by atoms with Gasteiger partial charge >= 0.3 is 0 Å². The second-order valence-electron chi connectivity index (χ2n) is 3.49. The van der Waals surface area contributed by atoms with Crippen molar-refractivity contribution in [2.45, 2.75) is 13.5 Å². The molecule has 17 heavy (non-hydrogen) atoms. The topological polar surface area (TPSA) is 50.7 Å². The van der Waals surface area contributed by atoms with Crippen molar-refractivity contribution < 1.29 is 0 Å². The third kappa shape index (κ3) is 3.08. The molecule has 0 saturated carbocycles. The van der Waals surface area contributed by atoms with Crippen molar-refractivity contribution in [1.29, 1.82) is 0 Å². The summed E-state index contributed by atoms with van der Waals surface area (Å²) in [5.41, 5.74) is 1.74. The lowest BCUT2D eigenvalue weighted by atomic mass is 10.3. The van der Waals surface area contributed by atoms with Gasteiger partial charge in [-0.15, -0.1) is 0 Å². The van der Waals surface area contributed by atoms with Crippen molar-refractivity contribution >= 4 is 15.9 Å². The normalized spacial score (nSPS) is 10.5. The van der Waals surface area contributed by atoms with Gasteiger partial charge in [0, 0.05) is 23.4 Å². The molecule has 0 atom stereocenters. The lowest BCUT2D eigenvalue weighted by Gasteiger charge is -2.04. The van der Waals surface area contributed by atoms with Crippen LogP contribution in [0, 0.1) is 0 Å². The highest BCUT2D eigenvalue weighted by Gasteiger charge is 2.07. The maximum atomic E-state index is 4.48. The number of halogens is 1. The van der Waals surface area contributed by atoms with Crippen LogP contribution in [-0.2, 0) is 6.54 Å². The lowest BCUT2D eigenvalue weighted by Crippen LogP contribution is -2.13. The molecule has 1 N–H and O–H groups in total. The van der Waals surface area contributed by atoms with Crippen molar-refractivity contribution in [3.8, 4) is 11.5 Å². The standard InChI is InChI=1S/C12H13BrN4/c1-2-14-8-9-5-7-16-12(17-9)11-10(13)4-3-6-15-11/h3-7,14H,2,8H2,1H3. The molecule has 0 aliphatic rings. The molecule has 0 saturated heterocycles. The number of aromatic nitrogens is 3. The van der Waals surface area contributed by atoms with E-state index in [4.69, 9.17) is 0 Å². The highest BCUT2D eigenvalue weighted by molar-refractivity contribution is 9.10. The van der Waals surface area contributed by atoms with Crippen LogP contribution in [-0.4, -0.2) is 21.5 Å². The summed E-state index contributed by atoms with van der Waals surface area (Å²) in [5, 5.41) is 3.24. The van der Waals surface area contributed by atoms with E-state index in [2.05, 4.69) is 43.1 Å². The van der Waals surface area contributed by atoms with E-state index in [0.717, 1.165) is 29.0 Å². The van der Waals surface area contributed by atoms with Gasteiger partial charge in [0.15, 0.2) is 5.82 Å². The first kappa shape index (κ1) is 12.1. The zero-order valence-electron chi connectivity index (χ0n) is 9.52. The molecule has 0 aliphatic heterocycles. The minimum Gasteiger partial charge on any atom is -0.311 e. The van der Waals surface area contributed by atoms with Crippen LogP contribution >= 0.6 is 15.9 Å². The molecule has 0 bridgehead atoms. The van der Waals surface area contributed by atoms with E-state index < -0.39 is 0 Å². The van der Waals surface area contributed by atoms with Gasteiger partial charge in [0.25, 0.3) is 0 Å². The molecule has 0 aliphatic carbocycles. The van der Waals surface area contributed by atoms with Crippen molar-refractivity contribution in [3.05, 3.63) is 40.8 Å². The molecular formula is C12H13BrN4. The lowest BCUT2D eigenvalue weighted by molar-refractivity contribution is 0.709. The Morgan fingerprint density at radius 2 is 2.12 bits per heavy atom. The molecular weight excluding hydrogens is 280 g/mol. The Kier molecular flexibility index (Phi) is 4.17. The van der Waals surface area contributed by atoms with Crippen LogP contribution in [0.4, 0.5) is 0 Å². The van der Waals surface area contributed by atoms with Crippen molar-refractivity contribution in [3.63, 3.8) is 0 Å². The van der Waals surface area contributed by atoms with Crippen LogP contribution in [0.15, 0.2) is 35.1 Å². The molecule has 2 aromatic heterocycles. The van der Waals surface area contributed by atoms with E-state index in [-0.39, 0.29) is 0 Å². The van der Waals surface area contributed by atoms with Gasteiger partial charge in [-0.3, -0.25) is 4.98 Å². The van der Waals surface area contributed by atoms with E-state index in [1.165, 1.54) is 0 Å². The summed E-state index contributed by atoms with van der Waals surface area (Å²) in [6, 6.07) is 5.71. The summed E-state index contributed by atoms with van der Waals surface area (Å²) in [4.78, 5) is 13.0. The number of pyridine rings is 1. The molecule has 0 radical (unpaired) electrons. The largest absolute Gasteiger partial charge is 0.311 e. The molecule has 0 amide bonds.